The Bertz CT molecular complexity index is 346. The summed E-state index contributed by atoms with van der Waals surface area (Å²) in [5.41, 5.74) is 0.552. The van der Waals surface area contributed by atoms with Crippen LogP contribution in [0.3, 0.4) is 0 Å². The van der Waals surface area contributed by atoms with Crippen LogP contribution < -0.4 is 0 Å². The molecule has 2 atom stereocenters. The molecule has 3 nitrogen and oxygen atoms in total. The molecule has 15 heavy (non-hydrogen) atoms. The fourth-order valence-electron chi connectivity index (χ4n) is 1.49. The van der Waals surface area contributed by atoms with Crippen molar-refractivity contribution in [2.45, 2.75) is 18.8 Å². The fourth-order valence-corrected chi connectivity index (χ4v) is 1.64. The SMILES string of the molecule is CC1(c2ccc(F)cn2)OCC(CCl)O1. The molecule has 1 aliphatic rings. The predicted octanol–water partition coefficient (Wildman–Crippen LogP) is 2.05. The van der Waals surface area contributed by atoms with Gasteiger partial charge in [0, 0.05) is 0 Å². The van der Waals surface area contributed by atoms with E-state index in [0.29, 0.717) is 18.2 Å². The number of hydrogen-bond acceptors (Lipinski definition) is 3. The van der Waals surface area contributed by atoms with Gasteiger partial charge in [0.2, 0.25) is 5.79 Å². The monoisotopic (exact) mass is 231 g/mol. The minimum Gasteiger partial charge on any atom is -0.342 e. The summed E-state index contributed by atoms with van der Waals surface area (Å²) in [6.07, 6.45) is 1.00. The maximum Gasteiger partial charge on any atom is 0.209 e. The predicted molar refractivity (Wildman–Crippen MR) is 53.1 cm³/mol. The smallest absolute Gasteiger partial charge is 0.209 e. The molecule has 2 rings (SSSR count). The van der Waals surface area contributed by atoms with Gasteiger partial charge in [-0.25, -0.2) is 4.39 Å². The van der Waals surface area contributed by atoms with Crippen molar-refractivity contribution >= 4 is 11.6 Å². The van der Waals surface area contributed by atoms with Gasteiger partial charge >= 0.3 is 0 Å². The topological polar surface area (TPSA) is 31.4 Å². The van der Waals surface area contributed by atoms with Gasteiger partial charge in [-0.15, -0.1) is 11.6 Å². The van der Waals surface area contributed by atoms with E-state index >= 15 is 0 Å². The summed E-state index contributed by atoms with van der Waals surface area (Å²) >= 11 is 5.66. The lowest BCUT2D eigenvalue weighted by molar-refractivity contribution is -0.162. The lowest BCUT2D eigenvalue weighted by Gasteiger charge is -2.22. The standard InChI is InChI=1S/C10H11ClFNO2/c1-10(14-6-8(4-11)15-10)9-3-2-7(12)5-13-9/h2-3,5,8H,4,6H2,1H3. The minimum atomic E-state index is -0.909. The molecule has 2 heterocycles. The van der Waals surface area contributed by atoms with Crippen LogP contribution in [0.1, 0.15) is 12.6 Å². The number of pyridine rings is 1. The molecule has 5 heteroatoms. The van der Waals surface area contributed by atoms with Gasteiger partial charge in [0.25, 0.3) is 0 Å². The highest BCUT2D eigenvalue weighted by Crippen LogP contribution is 2.32. The van der Waals surface area contributed by atoms with Gasteiger partial charge in [0.1, 0.15) is 5.82 Å². The zero-order valence-electron chi connectivity index (χ0n) is 8.24. The van der Waals surface area contributed by atoms with Crippen LogP contribution in [0.2, 0.25) is 0 Å². The Morgan fingerprint density at radius 1 is 1.67 bits per heavy atom. The Kier molecular flexibility index (Phi) is 2.91. The molecule has 1 aromatic rings. The van der Waals surface area contributed by atoms with Crippen LogP contribution in [-0.4, -0.2) is 23.6 Å². The van der Waals surface area contributed by atoms with Crippen LogP contribution in [0, 0.1) is 5.82 Å². The van der Waals surface area contributed by atoms with E-state index in [4.69, 9.17) is 21.1 Å². The fraction of sp³-hybridized carbons (Fsp3) is 0.500. The second kappa shape index (κ2) is 4.04. The molecule has 0 aliphatic carbocycles. The highest BCUT2D eigenvalue weighted by molar-refractivity contribution is 6.18. The van der Waals surface area contributed by atoms with Crippen molar-refractivity contribution in [1.29, 1.82) is 0 Å². The van der Waals surface area contributed by atoms with Crippen LogP contribution >= 0.6 is 11.6 Å². The molecule has 2 unspecified atom stereocenters. The normalized spacial score (nSPS) is 30.7. The van der Waals surface area contributed by atoms with Crippen molar-refractivity contribution in [2.75, 3.05) is 12.5 Å². The molecule has 82 valence electrons. The van der Waals surface area contributed by atoms with Crippen LogP contribution in [0.25, 0.3) is 0 Å². The van der Waals surface area contributed by atoms with Crippen LogP contribution in [0.15, 0.2) is 18.3 Å². The lowest BCUT2D eigenvalue weighted by Crippen LogP contribution is -2.25. The summed E-state index contributed by atoms with van der Waals surface area (Å²) in [4.78, 5) is 3.93. The number of hydrogen-bond donors (Lipinski definition) is 0. The molecule has 1 saturated heterocycles. The number of ether oxygens (including phenoxy) is 2. The van der Waals surface area contributed by atoms with E-state index < -0.39 is 5.79 Å². The number of alkyl halides is 1. The first kappa shape index (κ1) is 10.8. The summed E-state index contributed by atoms with van der Waals surface area (Å²) in [7, 11) is 0. The lowest BCUT2D eigenvalue weighted by atomic mass is 10.2. The summed E-state index contributed by atoms with van der Waals surface area (Å²) in [6.45, 7) is 2.18. The molecular weight excluding hydrogens is 221 g/mol. The maximum atomic E-state index is 12.7. The molecule has 0 aromatic carbocycles. The molecule has 0 bridgehead atoms. The zero-order valence-corrected chi connectivity index (χ0v) is 9.00. The van der Waals surface area contributed by atoms with Crippen molar-refractivity contribution < 1.29 is 13.9 Å². The minimum absolute atomic E-state index is 0.136. The van der Waals surface area contributed by atoms with Crippen molar-refractivity contribution in [2.24, 2.45) is 0 Å². The van der Waals surface area contributed by atoms with Gasteiger partial charge in [-0.1, -0.05) is 0 Å². The Morgan fingerprint density at radius 3 is 3.00 bits per heavy atom. The Labute approximate surface area is 92.2 Å². The molecule has 0 radical (unpaired) electrons. The summed E-state index contributed by atoms with van der Waals surface area (Å²) in [6, 6.07) is 2.88. The van der Waals surface area contributed by atoms with E-state index in [1.807, 2.05) is 0 Å². The van der Waals surface area contributed by atoms with Crippen molar-refractivity contribution in [3.8, 4) is 0 Å². The van der Waals surface area contributed by atoms with E-state index in [0.717, 1.165) is 6.20 Å². The van der Waals surface area contributed by atoms with Crippen LogP contribution in [0.4, 0.5) is 4.39 Å². The Hall–Kier alpha value is -0.710. The first-order valence-corrected chi connectivity index (χ1v) is 5.17. The number of rotatable bonds is 2. The zero-order chi connectivity index (χ0) is 10.9. The largest absolute Gasteiger partial charge is 0.342 e. The van der Waals surface area contributed by atoms with E-state index in [-0.39, 0.29) is 11.9 Å². The molecule has 1 fully saturated rings. The van der Waals surface area contributed by atoms with Gasteiger partial charge in [-0.2, -0.15) is 0 Å². The maximum absolute atomic E-state index is 12.7. The molecule has 0 N–H and O–H groups in total. The molecule has 1 aliphatic heterocycles. The third-order valence-corrected chi connectivity index (χ3v) is 2.65. The quantitative estimate of drug-likeness (QED) is 0.730. The second-order valence-electron chi connectivity index (χ2n) is 3.51. The van der Waals surface area contributed by atoms with Crippen molar-refractivity contribution in [1.82, 2.24) is 4.98 Å². The average Bonchev–Trinajstić information content (AvgIpc) is 2.62. The Balaban J connectivity index is 2.20. The number of nitrogens with zero attached hydrogens (tertiary/aromatic N) is 1. The molecular formula is C10H11ClFNO2. The third kappa shape index (κ3) is 2.12. The molecule has 0 saturated carbocycles. The summed E-state index contributed by atoms with van der Waals surface area (Å²) in [5, 5.41) is 0. The van der Waals surface area contributed by atoms with E-state index in [1.165, 1.54) is 6.07 Å². The molecule has 0 spiro atoms. The van der Waals surface area contributed by atoms with E-state index in [2.05, 4.69) is 4.98 Å². The highest BCUT2D eigenvalue weighted by Gasteiger charge is 2.39. The van der Waals surface area contributed by atoms with Gasteiger partial charge in [0.15, 0.2) is 0 Å². The molecule has 0 amide bonds. The van der Waals surface area contributed by atoms with E-state index in [9.17, 15) is 4.39 Å². The van der Waals surface area contributed by atoms with Gasteiger partial charge in [-0.05, 0) is 19.1 Å². The summed E-state index contributed by atoms with van der Waals surface area (Å²) < 4.78 is 23.7. The van der Waals surface area contributed by atoms with E-state index in [1.54, 1.807) is 13.0 Å². The average molecular weight is 232 g/mol. The van der Waals surface area contributed by atoms with Gasteiger partial charge in [-0.3, -0.25) is 4.98 Å². The number of aromatic nitrogens is 1. The van der Waals surface area contributed by atoms with Crippen LogP contribution in [0.5, 0.6) is 0 Å². The summed E-state index contributed by atoms with van der Waals surface area (Å²) in [5.74, 6) is -0.918. The first-order valence-electron chi connectivity index (χ1n) is 4.64. The second-order valence-corrected chi connectivity index (χ2v) is 3.82. The van der Waals surface area contributed by atoms with Gasteiger partial charge < -0.3 is 9.47 Å². The van der Waals surface area contributed by atoms with Crippen molar-refractivity contribution in [3.05, 3.63) is 29.8 Å². The third-order valence-electron chi connectivity index (χ3n) is 2.30. The van der Waals surface area contributed by atoms with Crippen LogP contribution in [-0.2, 0) is 15.3 Å². The first-order chi connectivity index (χ1) is 7.14. The van der Waals surface area contributed by atoms with Crippen molar-refractivity contribution in [3.63, 3.8) is 0 Å². The number of halogens is 2. The molecule has 1 aromatic heterocycles. The highest BCUT2D eigenvalue weighted by atomic mass is 35.5. The van der Waals surface area contributed by atoms with Gasteiger partial charge in [0.05, 0.1) is 30.5 Å². The Morgan fingerprint density at radius 2 is 2.47 bits per heavy atom.